The molecule has 1 aromatic heterocycles. The monoisotopic (exact) mass is 385 g/mol. The van der Waals surface area contributed by atoms with Crippen LogP contribution in [0.2, 0.25) is 0 Å². The van der Waals surface area contributed by atoms with Gasteiger partial charge in [0.25, 0.3) is 0 Å². The zero-order chi connectivity index (χ0) is 19.1. The fraction of sp³-hybridized carbons (Fsp3) is 0.400. The highest BCUT2D eigenvalue weighted by Gasteiger charge is 2.20. The Hall–Kier alpha value is -2.54. The van der Waals surface area contributed by atoms with Gasteiger partial charge in [-0.25, -0.2) is 4.99 Å². The Balaban J connectivity index is 1.63. The van der Waals surface area contributed by atoms with Crippen molar-refractivity contribution in [3.63, 3.8) is 0 Å². The molecule has 1 aliphatic rings. The summed E-state index contributed by atoms with van der Waals surface area (Å²) < 4.78 is 0. The number of carbonyl (C=O) groups is 1. The molecule has 1 N–H and O–H groups in total. The Labute approximate surface area is 165 Å². The molecule has 2 aromatic rings. The van der Waals surface area contributed by atoms with E-state index >= 15 is 0 Å². The van der Waals surface area contributed by atoms with Gasteiger partial charge in [-0.1, -0.05) is 24.3 Å². The predicted octanol–water partition coefficient (Wildman–Crippen LogP) is 2.10. The number of aliphatic imine (C=N–C) groups is 1. The van der Waals surface area contributed by atoms with Gasteiger partial charge in [-0.15, -0.1) is 11.3 Å². The number of amides is 1. The quantitative estimate of drug-likeness (QED) is 0.633. The normalized spacial score (nSPS) is 15.0. The summed E-state index contributed by atoms with van der Waals surface area (Å²) in [5.41, 5.74) is 1.25. The number of anilines is 1. The van der Waals surface area contributed by atoms with Gasteiger partial charge in [0, 0.05) is 50.8 Å². The van der Waals surface area contributed by atoms with E-state index in [4.69, 9.17) is 0 Å². The average molecular weight is 386 g/mol. The number of para-hydroxylation sites is 1. The predicted molar refractivity (Wildman–Crippen MR) is 112 cm³/mol. The summed E-state index contributed by atoms with van der Waals surface area (Å²) >= 11 is 1.72. The molecule has 7 heteroatoms. The largest absolute Gasteiger partial charge is 0.368 e. The summed E-state index contributed by atoms with van der Waals surface area (Å²) in [4.78, 5) is 24.0. The first kappa shape index (κ1) is 19.2. The van der Waals surface area contributed by atoms with Gasteiger partial charge in [-0.3, -0.25) is 4.79 Å². The van der Waals surface area contributed by atoms with Crippen LogP contribution >= 0.6 is 11.3 Å². The number of carbonyl (C=O) groups excluding carboxylic acids is 1. The van der Waals surface area contributed by atoms with Gasteiger partial charge in [0.15, 0.2) is 5.96 Å². The van der Waals surface area contributed by atoms with Gasteiger partial charge in [0.2, 0.25) is 5.91 Å². The smallest absolute Gasteiger partial charge is 0.243 e. The highest BCUT2D eigenvalue weighted by Crippen LogP contribution is 2.16. The zero-order valence-corrected chi connectivity index (χ0v) is 16.8. The molecule has 0 spiro atoms. The Morgan fingerprint density at radius 1 is 1.11 bits per heavy atom. The van der Waals surface area contributed by atoms with Gasteiger partial charge in [0.1, 0.15) is 6.54 Å². The molecule has 0 radical (unpaired) electrons. The third kappa shape index (κ3) is 5.47. The van der Waals surface area contributed by atoms with Crippen LogP contribution in [0.15, 0.2) is 52.8 Å². The second-order valence-corrected chi connectivity index (χ2v) is 7.70. The van der Waals surface area contributed by atoms with E-state index in [1.54, 1.807) is 30.3 Å². The minimum Gasteiger partial charge on any atom is -0.368 e. The maximum absolute atomic E-state index is 12.0. The third-order valence-corrected chi connectivity index (χ3v) is 5.44. The molecule has 6 nitrogen and oxygen atoms in total. The van der Waals surface area contributed by atoms with Crippen molar-refractivity contribution in [3.05, 3.63) is 52.7 Å². The fourth-order valence-electron chi connectivity index (χ4n) is 2.95. The molecular formula is C20H27N5OS. The molecule has 144 valence electrons. The number of thiophene rings is 1. The number of nitrogens with one attached hydrogen (secondary N) is 1. The van der Waals surface area contributed by atoms with Crippen LogP contribution in [0.25, 0.3) is 0 Å². The molecule has 0 aliphatic carbocycles. The second-order valence-electron chi connectivity index (χ2n) is 6.67. The van der Waals surface area contributed by atoms with E-state index in [0.29, 0.717) is 0 Å². The number of nitrogens with zero attached hydrogens (tertiary/aromatic N) is 4. The Morgan fingerprint density at radius 2 is 1.85 bits per heavy atom. The van der Waals surface area contributed by atoms with Crippen molar-refractivity contribution in [2.45, 2.75) is 6.54 Å². The van der Waals surface area contributed by atoms with E-state index in [1.807, 2.05) is 12.1 Å². The van der Waals surface area contributed by atoms with Crippen LogP contribution in [0.3, 0.4) is 0 Å². The first-order chi connectivity index (χ1) is 13.1. The third-order valence-electron chi connectivity index (χ3n) is 4.56. The van der Waals surface area contributed by atoms with Crippen molar-refractivity contribution in [2.75, 3.05) is 51.7 Å². The molecule has 0 bridgehead atoms. The molecule has 2 heterocycles. The molecule has 1 amide bonds. The lowest BCUT2D eigenvalue weighted by atomic mass is 10.2. The van der Waals surface area contributed by atoms with E-state index in [9.17, 15) is 4.79 Å². The zero-order valence-electron chi connectivity index (χ0n) is 16.0. The first-order valence-corrected chi connectivity index (χ1v) is 10.1. The molecule has 1 aliphatic heterocycles. The summed E-state index contributed by atoms with van der Waals surface area (Å²) in [5.74, 6) is 0.819. The van der Waals surface area contributed by atoms with Crippen molar-refractivity contribution < 1.29 is 4.79 Å². The second kappa shape index (κ2) is 9.41. The number of hydrogen-bond acceptors (Lipinski definition) is 4. The van der Waals surface area contributed by atoms with Crippen LogP contribution in [0.4, 0.5) is 5.69 Å². The van der Waals surface area contributed by atoms with E-state index in [-0.39, 0.29) is 12.5 Å². The summed E-state index contributed by atoms with van der Waals surface area (Å²) in [7, 11) is 3.52. The van der Waals surface area contributed by atoms with Gasteiger partial charge in [-0.2, -0.15) is 0 Å². The van der Waals surface area contributed by atoms with Gasteiger partial charge >= 0.3 is 0 Å². The standard InChI is InChI=1S/C20H27N5OS/c1-23(2)19(26)16-22-20(21-15-18-9-6-14-27-18)25-12-10-24(11-13-25)17-7-4-3-5-8-17/h3-9,14H,10-13,15-16H2,1-2H3,(H,21,22). The Kier molecular flexibility index (Phi) is 6.70. The number of benzene rings is 1. The lowest BCUT2D eigenvalue weighted by molar-refractivity contribution is -0.127. The van der Waals surface area contributed by atoms with Crippen LogP contribution < -0.4 is 10.2 Å². The highest BCUT2D eigenvalue weighted by molar-refractivity contribution is 7.09. The number of likely N-dealkylation sites (N-methyl/N-ethyl adjacent to an activating group) is 1. The number of guanidine groups is 1. The van der Waals surface area contributed by atoms with E-state index in [2.05, 4.69) is 55.8 Å². The topological polar surface area (TPSA) is 51.2 Å². The van der Waals surface area contributed by atoms with Crippen molar-refractivity contribution in [1.82, 2.24) is 15.1 Å². The number of piperazine rings is 1. The van der Waals surface area contributed by atoms with Crippen molar-refractivity contribution >= 4 is 28.9 Å². The van der Waals surface area contributed by atoms with Crippen molar-refractivity contribution in [2.24, 2.45) is 4.99 Å². The van der Waals surface area contributed by atoms with Gasteiger partial charge in [0.05, 0.1) is 6.54 Å². The van der Waals surface area contributed by atoms with Crippen LogP contribution in [-0.2, 0) is 11.3 Å². The van der Waals surface area contributed by atoms with Gasteiger partial charge in [-0.05, 0) is 23.6 Å². The molecule has 0 unspecified atom stereocenters. The van der Waals surface area contributed by atoms with Crippen LogP contribution in [0, 0.1) is 0 Å². The minimum absolute atomic E-state index is 0.00773. The molecule has 0 saturated carbocycles. The molecule has 1 aromatic carbocycles. The number of rotatable bonds is 5. The van der Waals surface area contributed by atoms with Crippen LogP contribution in [-0.4, -0.2) is 68.5 Å². The lowest BCUT2D eigenvalue weighted by Gasteiger charge is -2.37. The first-order valence-electron chi connectivity index (χ1n) is 9.19. The lowest BCUT2D eigenvalue weighted by Crippen LogP contribution is -2.52. The Morgan fingerprint density at radius 3 is 2.48 bits per heavy atom. The van der Waals surface area contributed by atoms with Gasteiger partial charge < -0.3 is 20.0 Å². The fourth-order valence-corrected chi connectivity index (χ4v) is 3.59. The van der Waals surface area contributed by atoms with E-state index in [0.717, 1.165) is 38.7 Å². The van der Waals surface area contributed by atoms with E-state index in [1.165, 1.54) is 10.6 Å². The maximum Gasteiger partial charge on any atom is 0.243 e. The summed E-state index contributed by atoms with van der Waals surface area (Å²) in [6.45, 7) is 4.52. The molecule has 0 atom stereocenters. The van der Waals surface area contributed by atoms with E-state index < -0.39 is 0 Å². The molecule has 3 rings (SSSR count). The summed E-state index contributed by atoms with van der Waals surface area (Å²) in [6, 6.07) is 14.6. The number of hydrogen-bond donors (Lipinski definition) is 1. The summed E-state index contributed by atoms with van der Waals surface area (Å²) in [6.07, 6.45) is 0. The Bertz CT molecular complexity index is 737. The minimum atomic E-state index is 0.00773. The summed E-state index contributed by atoms with van der Waals surface area (Å²) in [5, 5.41) is 5.51. The molecular weight excluding hydrogens is 358 g/mol. The SMILES string of the molecule is CN(C)C(=O)CN=C(NCc1cccs1)N1CCN(c2ccccc2)CC1. The van der Waals surface area contributed by atoms with Crippen molar-refractivity contribution in [1.29, 1.82) is 0 Å². The van der Waals surface area contributed by atoms with Crippen LogP contribution in [0.1, 0.15) is 4.88 Å². The van der Waals surface area contributed by atoms with Crippen LogP contribution in [0.5, 0.6) is 0 Å². The highest BCUT2D eigenvalue weighted by atomic mass is 32.1. The molecule has 1 fully saturated rings. The molecule has 1 saturated heterocycles. The maximum atomic E-state index is 12.0. The molecule has 27 heavy (non-hydrogen) atoms. The average Bonchev–Trinajstić information content (AvgIpc) is 3.22. The van der Waals surface area contributed by atoms with Crippen molar-refractivity contribution in [3.8, 4) is 0 Å².